The van der Waals surface area contributed by atoms with Gasteiger partial charge in [-0.3, -0.25) is 0 Å². The van der Waals surface area contributed by atoms with Crippen LogP contribution in [0.1, 0.15) is 32.6 Å². The van der Waals surface area contributed by atoms with Crippen LogP contribution in [0.25, 0.3) is 11.0 Å². The van der Waals surface area contributed by atoms with E-state index in [4.69, 9.17) is 17.3 Å². The van der Waals surface area contributed by atoms with Crippen LogP contribution in [0, 0.1) is 17.7 Å². The Hall–Kier alpha value is -1.29. The third-order valence-electron chi connectivity index (χ3n) is 4.31. The molecule has 1 aliphatic carbocycles. The molecule has 1 heterocycles. The van der Waals surface area contributed by atoms with Gasteiger partial charge in [0.05, 0.1) is 16.1 Å². The summed E-state index contributed by atoms with van der Waals surface area (Å²) >= 11 is 5.88. The molecule has 1 fully saturated rings. The van der Waals surface area contributed by atoms with Crippen LogP contribution in [0.4, 0.5) is 10.3 Å². The third kappa shape index (κ3) is 2.49. The van der Waals surface area contributed by atoms with E-state index < -0.39 is 5.82 Å². The first-order valence-electron chi connectivity index (χ1n) is 7.15. The van der Waals surface area contributed by atoms with E-state index in [9.17, 15) is 4.39 Å². The Labute approximate surface area is 122 Å². The topological polar surface area (TPSA) is 43.8 Å². The highest BCUT2D eigenvalue weighted by atomic mass is 35.5. The number of hydrogen-bond donors (Lipinski definition) is 1. The van der Waals surface area contributed by atoms with Crippen molar-refractivity contribution in [2.45, 2.75) is 39.2 Å². The van der Waals surface area contributed by atoms with E-state index in [0.29, 0.717) is 17.4 Å². The van der Waals surface area contributed by atoms with Gasteiger partial charge in [0.2, 0.25) is 5.95 Å². The number of imidazole rings is 1. The highest BCUT2D eigenvalue weighted by Gasteiger charge is 2.21. The van der Waals surface area contributed by atoms with E-state index in [0.717, 1.165) is 18.0 Å². The van der Waals surface area contributed by atoms with Gasteiger partial charge in [0.15, 0.2) is 0 Å². The van der Waals surface area contributed by atoms with Gasteiger partial charge in [-0.25, -0.2) is 9.37 Å². The van der Waals surface area contributed by atoms with Gasteiger partial charge in [-0.05, 0) is 30.7 Å². The molecule has 3 rings (SSSR count). The van der Waals surface area contributed by atoms with Gasteiger partial charge >= 0.3 is 0 Å². The smallest absolute Gasteiger partial charge is 0.201 e. The van der Waals surface area contributed by atoms with Gasteiger partial charge in [-0.1, -0.05) is 31.4 Å². The number of nitrogens with two attached hydrogens (primary N) is 1. The van der Waals surface area contributed by atoms with Crippen molar-refractivity contribution in [2.75, 3.05) is 5.73 Å². The van der Waals surface area contributed by atoms with Crippen molar-refractivity contribution in [1.29, 1.82) is 0 Å². The molecule has 5 heteroatoms. The van der Waals surface area contributed by atoms with Gasteiger partial charge < -0.3 is 10.3 Å². The first-order valence-corrected chi connectivity index (χ1v) is 7.53. The molecule has 2 atom stereocenters. The Balaban J connectivity index is 1.94. The molecule has 20 heavy (non-hydrogen) atoms. The lowest BCUT2D eigenvalue weighted by Crippen LogP contribution is -2.19. The number of anilines is 1. The monoisotopic (exact) mass is 295 g/mol. The van der Waals surface area contributed by atoms with Gasteiger partial charge in [-0.15, -0.1) is 0 Å². The van der Waals surface area contributed by atoms with E-state index in [1.165, 1.54) is 31.7 Å². The van der Waals surface area contributed by atoms with E-state index in [2.05, 4.69) is 11.9 Å². The van der Waals surface area contributed by atoms with Crippen molar-refractivity contribution < 1.29 is 4.39 Å². The molecule has 1 aromatic heterocycles. The highest BCUT2D eigenvalue weighted by molar-refractivity contribution is 6.31. The first-order chi connectivity index (χ1) is 9.54. The van der Waals surface area contributed by atoms with Crippen molar-refractivity contribution in [3.8, 4) is 0 Å². The molecule has 0 aliphatic heterocycles. The molecule has 0 saturated heterocycles. The minimum atomic E-state index is -0.449. The Kier molecular flexibility index (Phi) is 3.59. The first kappa shape index (κ1) is 13.7. The number of hydrogen-bond acceptors (Lipinski definition) is 2. The van der Waals surface area contributed by atoms with Crippen molar-refractivity contribution in [1.82, 2.24) is 9.55 Å². The second-order valence-corrected chi connectivity index (χ2v) is 6.38. The summed E-state index contributed by atoms with van der Waals surface area (Å²) in [6, 6.07) is 2.98. The molecule has 108 valence electrons. The van der Waals surface area contributed by atoms with Crippen molar-refractivity contribution in [3.63, 3.8) is 0 Å². The summed E-state index contributed by atoms with van der Waals surface area (Å²) in [5.41, 5.74) is 7.39. The molecule has 1 saturated carbocycles. The van der Waals surface area contributed by atoms with Crippen LogP contribution in [-0.2, 0) is 6.54 Å². The summed E-state index contributed by atoms with van der Waals surface area (Å²) in [6.07, 6.45) is 5.02. The van der Waals surface area contributed by atoms with E-state index in [1.54, 1.807) is 6.07 Å². The maximum atomic E-state index is 13.5. The molecule has 3 nitrogen and oxygen atoms in total. The molecule has 2 N–H and O–H groups in total. The Morgan fingerprint density at radius 2 is 2.25 bits per heavy atom. The van der Waals surface area contributed by atoms with Crippen LogP contribution in [0.5, 0.6) is 0 Å². The van der Waals surface area contributed by atoms with E-state index in [-0.39, 0.29) is 5.02 Å². The average molecular weight is 296 g/mol. The molecule has 0 amide bonds. The number of benzene rings is 1. The van der Waals surface area contributed by atoms with Crippen molar-refractivity contribution >= 4 is 28.6 Å². The van der Waals surface area contributed by atoms with E-state index in [1.807, 2.05) is 4.57 Å². The summed E-state index contributed by atoms with van der Waals surface area (Å²) in [4.78, 5) is 4.24. The largest absolute Gasteiger partial charge is 0.369 e. The van der Waals surface area contributed by atoms with E-state index >= 15 is 0 Å². The third-order valence-corrected chi connectivity index (χ3v) is 4.60. The molecule has 0 radical (unpaired) electrons. The van der Waals surface area contributed by atoms with Gasteiger partial charge in [-0.2, -0.15) is 0 Å². The maximum absolute atomic E-state index is 13.5. The Morgan fingerprint density at radius 1 is 1.45 bits per heavy atom. The molecule has 2 aromatic rings. The van der Waals surface area contributed by atoms with Crippen LogP contribution in [0.3, 0.4) is 0 Å². The number of halogens is 2. The molecule has 1 aliphatic rings. The maximum Gasteiger partial charge on any atom is 0.201 e. The molecular formula is C15H19ClFN3. The van der Waals surface area contributed by atoms with Crippen LogP contribution in [-0.4, -0.2) is 9.55 Å². The lowest BCUT2D eigenvalue weighted by molar-refractivity contribution is 0.259. The quantitative estimate of drug-likeness (QED) is 0.900. The standard InChI is InChI=1S/C15H19ClFN3/c1-9-3-2-4-10(5-9)8-20-14-6-11(16)12(17)7-13(14)19-15(20)18/h6-7,9-10H,2-5,8H2,1H3,(H2,18,19). The summed E-state index contributed by atoms with van der Waals surface area (Å²) in [7, 11) is 0. The van der Waals surface area contributed by atoms with Gasteiger partial charge in [0.25, 0.3) is 0 Å². The Morgan fingerprint density at radius 3 is 3.00 bits per heavy atom. The fourth-order valence-electron chi connectivity index (χ4n) is 3.31. The zero-order valence-electron chi connectivity index (χ0n) is 11.6. The minimum Gasteiger partial charge on any atom is -0.369 e. The number of nitrogen functional groups attached to an aromatic ring is 1. The number of nitrogens with zero attached hydrogens (tertiary/aromatic N) is 2. The summed E-state index contributed by atoms with van der Waals surface area (Å²) in [6.45, 7) is 3.14. The molecule has 0 bridgehead atoms. The lowest BCUT2D eigenvalue weighted by atomic mass is 9.82. The fourth-order valence-corrected chi connectivity index (χ4v) is 3.47. The predicted octanol–water partition coefficient (Wildman–Crippen LogP) is 4.24. The second kappa shape index (κ2) is 5.24. The number of fused-ring (bicyclic) bond motifs is 1. The number of rotatable bonds is 2. The summed E-state index contributed by atoms with van der Waals surface area (Å²) in [5.74, 6) is 1.38. The van der Waals surface area contributed by atoms with Gasteiger partial charge in [0.1, 0.15) is 5.82 Å². The van der Waals surface area contributed by atoms with Gasteiger partial charge in [0, 0.05) is 12.6 Å². The SMILES string of the molecule is CC1CCCC(Cn2c(N)nc3cc(F)c(Cl)cc32)C1. The molecular weight excluding hydrogens is 277 g/mol. The van der Waals surface area contributed by atoms with Crippen LogP contribution in [0.2, 0.25) is 5.02 Å². The van der Waals surface area contributed by atoms with Crippen molar-refractivity contribution in [3.05, 3.63) is 23.0 Å². The average Bonchev–Trinajstić information content (AvgIpc) is 2.67. The molecule has 1 aromatic carbocycles. The normalized spacial score (nSPS) is 23.4. The molecule has 2 unspecified atom stereocenters. The highest BCUT2D eigenvalue weighted by Crippen LogP contribution is 2.32. The minimum absolute atomic E-state index is 0.121. The fraction of sp³-hybridized carbons (Fsp3) is 0.533. The van der Waals surface area contributed by atoms with Crippen molar-refractivity contribution in [2.24, 2.45) is 11.8 Å². The molecule has 0 spiro atoms. The Bertz CT molecular complexity index is 638. The second-order valence-electron chi connectivity index (χ2n) is 5.97. The number of aromatic nitrogens is 2. The lowest BCUT2D eigenvalue weighted by Gasteiger charge is -2.27. The predicted molar refractivity (Wildman–Crippen MR) is 80.2 cm³/mol. The summed E-state index contributed by atoms with van der Waals surface area (Å²) < 4.78 is 15.5. The van der Waals surface area contributed by atoms with Crippen LogP contribution < -0.4 is 5.73 Å². The summed E-state index contributed by atoms with van der Waals surface area (Å²) in [5, 5.41) is 0.121. The van der Waals surface area contributed by atoms with Crippen LogP contribution >= 0.6 is 11.6 Å². The zero-order chi connectivity index (χ0) is 14.3. The zero-order valence-corrected chi connectivity index (χ0v) is 12.3. The van der Waals surface area contributed by atoms with Crippen LogP contribution in [0.15, 0.2) is 12.1 Å².